The summed E-state index contributed by atoms with van der Waals surface area (Å²) in [7, 11) is 1.58. The van der Waals surface area contributed by atoms with Crippen LogP contribution in [-0.2, 0) is 5.41 Å². The number of nitriles is 1. The summed E-state index contributed by atoms with van der Waals surface area (Å²) >= 11 is 0. The average molecular weight is 392 g/mol. The van der Waals surface area contributed by atoms with Gasteiger partial charge >= 0.3 is 5.97 Å². The van der Waals surface area contributed by atoms with Gasteiger partial charge in [-0.1, -0.05) is 26.0 Å². The van der Waals surface area contributed by atoms with Crippen LogP contribution in [0.1, 0.15) is 54.9 Å². The second-order valence-corrected chi connectivity index (χ2v) is 7.71. The Kier molecular flexibility index (Phi) is 5.25. The van der Waals surface area contributed by atoms with Gasteiger partial charge in [0.15, 0.2) is 11.5 Å². The SMILES string of the molecule is COc1cc(C(C)(C)c2[nH]c3cc(C#N)ccc3c2C(=O)O)ccc1OC(C)C. The Hall–Kier alpha value is -3.46. The van der Waals surface area contributed by atoms with Crippen LogP contribution in [0.4, 0.5) is 0 Å². The Morgan fingerprint density at radius 3 is 2.48 bits per heavy atom. The lowest BCUT2D eigenvalue weighted by molar-refractivity contribution is 0.0696. The number of ether oxygens (including phenoxy) is 2. The summed E-state index contributed by atoms with van der Waals surface area (Å²) in [5.74, 6) is 0.204. The molecule has 0 amide bonds. The number of aromatic carboxylic acids is 1. The van der Waals surface area contributed by atoms with Crippen molar-refractivity contribution in [2.75, 3.05) is 7.11 Å². The van der Waals surface area contributed by atoms with Crippen molar-refractivity contribution >= 4 is 16.9 Å². The van der Waals surface area contributed by atoms with Crippen molar-refractivity contribution in [3.63, 3.8) is 0 Å². The number of methoxy groups -OCH3 is 1. The van der Waals surface area contributed by atoms with Crippen LogP contribution in [0.15, 0.2) is 36.4 Å². The molecule has 1 heterocycles. The van der Waals surface area contributed by atoms with E-state index in [1.54, 1.807) is 25.3 Å². The first-order chi connectivity index (χ1) is 13.7. The maximum absolute atomic E-state index is 12.1. The number of rotatable bonds is 6. The standard InChI is InChI=1S/C23H24N2O4/c1-13(2)29-18-9-7-15(11-19(18)28-5)23(3,4)21-20(22(26)27)16-8-6-14(12-24)10-17(16)25-21/h6-11,13,25H,1-5H3,(H,26,27). The van der Waals surface area contributed by atoms with Gasteiger partial charge in [-0.2, -0.15) is 5.26 Å². The summed E-state index contributed by atoms with van der Waals surface area (Å²) in [5, 5.41) is 19.6. The molecule has 2 aromatic carbocycles. The van der Waals surface area contributed by atoms with Gasteiger partial charge in [0.2, 0.25) is 0 Å². The maximum atomic E-state index is 12.1. The fourth-order valence-electron chi connectivity index (χ4n) is 3.51. The molecule has 0 bridgehead atoms. The zero-order valence-corrected chi connectivity index (χ0v) is 17.2. The van der Waals surface area contributed by atoms with Crippen LogP contribution in [0.2, 0.25) is 0 Å². The molecule has 0 unspecified atom stereocenters. The van der Waals surface area contributed by atoms with Crippen molar-refractivity contribution in [1.82, 2.24) is 4.98 Å². The van der Waals surface area contributed by atoms with Gasteiger partial charge in [-0.05, 0) is 43.7 Å². The molecule has 0 spiro atoms. The first kappa shape index (κ1) is 20.3. The van der Waals surface area contributed by atoms with Crippen LogP contribution in [-0.4, -0.2) is 29.3 Å². The fourth-order valence-corrected chi connectivity index (χ4v) is 3.51. The number of H-pyrrole nitrogens is 1. The van der Waals surface area contributed by atoms with Gasteiger partial charge in [-0.15, -0.1) is 0 Å². The molecule has 150 valence electrons. The van der Waals surface area contributed by atoms with Gasteiger partial charge < -0.3 is 19.6 Å². The van der Waals surface area contributed by atoms with E-state index in [4.69, 9.17) is 14.7 Å². The third-order valence-corrected chi connectivity index (χ3v) is 5.01. The molecule has 2 N–H and O–H groups in total. The number of aromatic nitrogens is 1. The van der Waals surface area contributed by atoms with E-state index in [9.17, 15) is 9.90 Å². The third kappa shape index (κ3) is 3.64. The Morgan fingerprint density at radius 2 is 1.90 bits per heavy atom. The topological polar surface area (TPSA) is 95.3 Å². The molecule has 0 atom stereocenters. The monoisotopic (exact) mass is 392 g/mol. The normalized spacial score (nSPS) is 11.5. The summed E-state index contributed by atoms with van der Waals surface area (Å²) < 4.78 is 11.3. The molecule has 3 rings (SSSR count). The minimum Gasteiger partial charge on any atom is -0.493 e. The predicted molar refractivity (Wildman–Crippen MR) is 111 cm³/mol. The second kappa shape index (κ2) is 7.51. The molecule has 0 fully saturated rings. The minimum absolute atomic E-state index is 0.00408. The van der Waals surface area contributed by atoms with Gasteiger partial charge in [0.1, 0.15) is 0 Å². The number of nitrogens with one attached hydrogen (secondary N) is 1. The zero-order valence-electron chi connectivity index (χ0n) is 17.2. The molecule has 0 aliphatic heterocycles. The van der Waals surface area contributed by atoms with Crippen molar-refractivity contribution in [3.8, 4) is 17.6 Å². The number of aromatic amines is 1. The van der Waals surface area contributed by atoms with E-state index in [1.165, 1.54) is 0 Å². The molecule has 6 heteroatoms. The smallest absolute Gasteiger partial charge is 0.338 e. The number of hydrogen-bond donors (Lipinski definition) is 2. The van der Waals surface area contributed by atoms with Crippen molar-refractivity contribution in [2.45, 2.75) is 39.2 Å². The molecule has 6 nitrogen and oxygen atoms in total. The summed E-state index contributed by atoms with van der Waals surface area (Å²) in [4.78, 5) is 15.3. The highest BCUT2D eigenvalue weighted by molar-refractivity contribution is 6.05. The molecule has 0 saturated carbocycles. The highest BCUT2D eigenvalue weighted by atomic mass is 16.5. The third-order valence-electron chi connectivity index (χ3n) is 5.01. The maximum Gasteiger partial charge on any atom is 0.338 e. The molecule has 1 aromatic heterocycles. The predicted octanol–water partition coefficient (Wildman–Crippen LogP) is 4.86. The Labute approximate surface area is 169 Å². The Balaban J connectivity index is 2.19. The molecule has 0 aliphatic carbocycles. The largest absolute Gasteiger partial charge is 0.493 e. The number of fused-ring (bicyclic) bond motifs is 1. The molecule has 0 saturated heterocycles. The average Bonchev–Trinajstić information content (AvgIpc) is 3.07. The van der Waals surface area contributed by atoms with E-state index in [0.29, 0.717) is 33.7 Å². The Bertz CT molecular complexity index is 1120. The van der Waals surface area contributed by atoms with Crippen LogP contribution in [0.5, 0.6) is 11.5 Å². The molecular formula is C23H24N2O4. The second-order valence-electron chi connectivity index (χ2n) is 7.71. The highest BCUT2D eigenvalue weighted by Crippen LogP contribution is 2.40. The van der Waals surface area contributed by atoms with Gasteiger partial charge in [0, 0.05) is 22.0 Å². The van der Waals surface area contributed by atoms with E-state index in [1.807, 2.05) is 45.9 Å². The van der Waals surface area contributed by atoms with Crippen LogP contribution in [0.25, 0.3) is 10.9 Å². The molecule has 0 aliphatic rings. The van der Waals surface area contributed by atoms with Crippen LogP contribution < -0.4 is 9.47 Å². The quantitative estimate of drug-likeness (QED) is 0.625. The van der Waals surface area contributed by atoms with Crippen molar-refractivity contribution < 1.29 is 19.4 Å². The number of nitrogens with zero attached hydrogens (tertiary/aromatic N) is 1. The van der Waals surface area contributed by atoms with Gasteiger partial charge in [0.25, 0.3) is 0 Å². The van der Waals surface area contributed by atoms with E-state index in [2.05, 4.69) is 11.1 Å². The zero-order chi connectivity index (χ0) is 21.3. The number of hydrogen-bond acceptors (Lipinski definition) is 4. The number of carbonyl (C=O) groups is 1. The van der Waals surface area contributed by atoms with E-state index >= 15 is 0 Å². The van der Waals surface area contributed by atoms with Crippen LogP contribution >= 0.6 is 0 Å². The lowest BCUT2D eigenvalue weighted by atomic mass is 9.79. The first-order valence-electron chi connectivity index (χ1n) is 9.33. The molecule has 29 heavy (non-hydrogen) atoms. The summed E-state index contributed by atoms with van der Waals surface area (Å²) in [6.45, 7) is 7.78. The molecule has 0 radical (unpaired) electrons. The van der Waals surface area contributed by atoms with Gasteiger partial charge in [-0.3, -0.25) is 0 Å². The van der Waals surface area contributed by atoms with E-state index in [0.717, 1.165) is 5.56 Å². The number of carboxylic acid groups (broad SMARTS) is 1. The lowest BCUT2D eigenvalue weighted by Crippen LogP contribution is -2.23. The summed E-state index contributed by atoms with van der Waals surface area (Å²) in [5.41, 5.74) is 2.07. The molecular weight excluding hydrogens is 368 g/mol. The van der Waals surface area contributed by atoms with Crippen LogP contribution in [0, 0.1) is 11.3 Å². The first-order valence-corrected chi connectivity index (χ1v) is 9.33. The lowest BCUT2D eigenvalue weighted by Gasteiger charge is -2.26. The van der Waals surface area contributed by atoms with Gasteiger partial charge in [0.05, 0.1) is 30.4 Å². The van der Waals surface area contributed by atoms with Gasteiger partial charge in [-0.25, -0.2) is 4.79 Å². The number of benzene rings is 2. The van der Waals surface area contributed by atoms with E-state index < -0.39 is 11.4 Å². The number of carboxylic acids is 1. The van der Waals surface area contributed by atoms with E-state index in [-0.39, 0.29) is 11.7 Å². The summed E-state index contributed by atoms with van der Waals surface area (Å²) in [6.07, 6.45) is 0.00408. The Morgan fingerprint density at radius 1 is 1.17 bits per heavy atom. The van der Waals surface area contributed by atoms with Crippen molar-refractivity contribution in [2.24, 2.45) is 0 Å². The molecule has 3 aromatic rings. The summed E-state index contributed by atoms with van der Waals surface area (Å²) in [6, 6.07) is 12.7. The van der Waals surface area contributed by atoms with Crippen LogP contribution in [0.3, 0.4) is 0 Å². The highest BCUT2D eigenvalue weighted by Gasteiger charge is 2.32. The van der Waals surface area contributed by atoms with Crippen molar-refractivity contribution in [1.29, 1.82) is 5.26 Å². The minimum atomic E-state index is -1.02. The van der Waals surface area contributed by atoms with Crippen molar-refractivity contribution in [3.05, 3.63) is 58.8 Å². The fraction of sp³-hybridized carbons (Fsp3) is 0.304.